The lowest BCUT2D eigenvalue weighted by atomic mass is 10.0. The van der Waals surface area contributed by atoms with Crippen molar-refractivity contribution in [1.29, 1.82) is 0 Å². The Bertz CT molecular complexity index is 793. The van der Waals surface area contributed by atoms with Crippen LogP contribution in [-0.4, -0.2) is 49.7 Å². The highest BCUT2D eigenvalue weighted by molar-refractivity contribution is 5.93. The van der Waals surface area contributed by atoms with E-state index < -0.39 is 0 Å². The number of amides is 1. The Balaban J connectivity index is 1.71. The van der Waals surface area contributed by atoms with Crippen LogP contribution in [0.25, 0.3) is 11.0 Å². The molecule has 1 aromatic carbocycles. The lowest BCUT2D eigenvalue weighted by Gasteiger charge is -2.36. The van der Waals surface area contributed by atoms with Crippen LogP contribution >= 0.6 is 0 Å². The minimum absolute atomic E-state index is 0.0492. The van der Waals surface area contributed by atoms with E-state index in [-0.39, 0.29) is 23.1 Å². The molecule has 0 aliphatic carbocycles. The number of nitrogens with zero attached hydrogens (tertiary/aromatic N) is 1. The van der Waals surface area contributed by atoms with Crippen molar-refractivity contribution in [3.05, 3.63) is 46.3 Å². The van der Waals surface area contributed by atoms with Gasteiger partial charge in [-0.2, -0.15) is 0 Å². The molecule has 3 rings (SSSR count). The van der Waals surface area contributed by atoms with Crippen LogP contribution in [0.2, 0.25) is 0 Å². The SMILES string of the molecule is CC(C)[C@H](CNC(=O)c1cc(=O)c2ccccc2o1)N1CCOCC1. The number of carbonyl (C=O) groups is 1. The number of hydrogen-bond acceptors (Lipinski definition) is 5. The highest BCUT2D eigenvalue weighted by Crippen LogP contribution is 2.14. The topological polar surface area (TPSA) is 71.8 Å². The summed E-state index contributed by atoms with van der Waals surface area (Å²) in [5.74, 6) is 0.0805. The van der Waals surface area contributed by atoms with Gasteiger partial charge in [-0.15, -0.1) is 0 Å². The van der Waals surface area contributed by atoms with Crippen molar-refractivity contribution in [1.82, 2.24) is 10.2 Å². The standard InChI is InChI=1S/C19H24N2O4/c1-13(2)15(21-7-9-24-10-8-21)12-20-19(23)18-11-16(22)14-5-3-4-6-17(14)25-18/h3-6,11,13,15H,7-10,12H2,1-2H3,(H,20,23)/t15-/m0/s1. The van der Waals surface area contributed by atoms with E-state index in [1.54, 1.807) is 24.3 Å². The van der Waals surface area contributed by atoms with Crippen LogP contribution < -0.4 is 10.7 Å². The number of carbonyl (C=O) groups excluding carboxylic acids is 1. The number of ether oxygens (including phenoxy) is 1. The first-order valence-electron chi connectivity index (χ1n) is 8.69. The number of fused-ring (bicyclic) bond motifs is 1. The van der Waals surface area contributed by atoms with Crippen LogP contribution in [0, 0.1) is 5.92 Å². The molecule has 25 heavy (non-hydrogen) atoms. The summed E-state index contributed by atoms with van der Waals surface area (Å²) in [5.41, 5.74) is 0.217. The molecule has 6 heteroatoms. The lowest BCUT2D eigenvalue weighted by Crippen LogP contribution is -2.51. The fourth-order valence-corrected chi connectivity index (χ4v) is 3.20. The van der Waals surface area contributed by atoms with Gasteiger partial charge in [0, 0.05) is 31.7 Å². The van der Waals surface area contributed by atoms with Gasteiger partial charge in [0.25, 0.3) is 5.91 Å². The molecule has 1 atom stereocenters. The second-order valence-electron chi connectivity index (χ2n) is 6.64. The van der Waals surface area contributed by atoms with Crippen LogP contribution in [0.5, 0.6) is 0 Å². The summed E-state index contributed by atoms with van der Waals surface area (Å²) < 4.78 is 11.0. The molecule has 0 radical (unpaired) electrons. The number of hydrogen-bond donors (Lipinski definition) is 1. The van der Waals surface area contributed by atoms with E-state index in [4.69, 9.17) is 9.15 Å². The Hall–Kier alpha value is -2.18. The van der Waals surface area contributed by atoms with E-state index in [1.807, 2.05) is 0 Å². The van der Waals surface area contributed by atoms with Gasteiger partial charge in [0.1, 0.15) is 5.58 Å². The van der Waals surface area contributed by atoms with Crippen LogP contribution in [0.4, 0.5) is 0 Å². The quantitative estimate of drug-likeness (QED) is 0.897. The van der Waals surface area contributed by atoms with Crippen molar-refractivity contribution in [3.8, 4) is 0 Å². The van der Waals surface area contributed by atoms with Gasteiger partial charge in [-0.05, 0) is 18.1 Å². The fourth-order valence-electron chi connectivity index (χ4n) is 3.20. The number of nitrogens with one attached hydrogen (secondary N) is 1. The van der Waals surface area contributed by atoms with E-state index in [9.17, 15) is 9.59 Å². The molecular formula is C19H24N2O4. The maximum atomic E-state index is 12.5. The van der Waals surface area contributed by atoms with Crippen LogP contribution in [-0.2, 0) is 4.74 Å². The summed E-state index contributed by atoms with van der Waals surface area (Å²) in [5, 5.41) is 3.39. The molecule has 1 saturated heterocycles. The van der Waals surface area contributed by atoms with E-state index in [1.165, 1.54) is 6.07 Å². The van der Waals surface area contributed by atoms with E-state index in [2.05, 4.69) is 24.1 Å². The zero-order valence-corrected chi connectivity index (χ0v) is 14.7. The predicted molar refractivity (Wildman–Crippen MR) is 95.8 cm³/mol. The van der Waals surface area contributed by atoms with Gasteiger partial charge in [-0.1, -0.05) is 26.0 Å². The first kappa shape index (κ1) is 17.6. The number of rotatable bonds is 5. The third kappa shape index (κ3) is 4.08. The van der Waals surface area contributed by atoms with Gasteiger partial charge in [-0.3, -0.25) is 14.5 Å². The van der Waals surface area contributed by atoms with Crippen molar-refractivity contribution < 1.29 is 13.9 Å². The maximum absolute atomic E-state index is 12.5. The second-order valence-corrected chi connectivity index (χ2v) is 6.64. The first-order chi connectivity index (χ1) is 12.1. The van der Waals surface area contributed by atoms with Crippen LogP contribution in [0.3, 0.4) is 0 Å². The molecule has 1 aliphatic heterocycles. The highest BCUT2D eigenvalue weighted by atomic mass is 16.5. The van der Waals surface area contributed by atoms with E-state index in [0.717, 1.165) is 26.3 Å². The minimum atomic E-state index is -0.359. The summed E-state index contributed by atoms with van der Waals surface area (Å²) in [4.78, 5) is 26.9. The van der Waals surface area contributed by atoms with Crippen molar-refractivity contribution in [2.24, 2.45) is 5.92 Å². The largest absolute Gasteiger partial charge is 0.451 e. The lowest BCUT2D eigenvalue weighted by molar-refractivity contribution is 0.00666. The smallest absolute Gasteiger partial charge is 0.287 e. The van der Waals surface area contributed by atoms with Gasteiger partial charge < -0.3 is 14.5 Å². The minimum Gasteiger partial charge on any atom is -0.451 e. The van der Waals surface area contributed by atoms with Crippen LogP contribution in [0.15, 0.2) is 39.5 Å². The Kier molecular flexibility index (Phi) is 5.50. The molecule has 0 bridgehead atoms. The molecular weight excluding hydrogens is 320 g/mol. The first-order valence-corrected chi connectivity index (χ1v) is 8.69. The molecule has 0 unspecified atom stereocenters. The molecule has 1 N–H and O–H groups in total. The van der Waals surface area contributed by atoms with E-state index in [0.29, 0.717) is 23.4 Å². The molecule has 0 spiro atoms. The van der Waals surface area contributed by atoms with Crippen LogP contribution in [0.1, 0.15) is 24.4 Å². The normalized spacial score (nSPS) is 16.9. The molecule has 2 aromatic rings. The zero-order chi connectivity index (χ0) is 17.8. The fraction of sp³-hybridized carbons (Fsp3) is 0.474. The van der Waals surface area contributed by atoms with Gasteiger partial charge >= 0.3 is 0 Å². The molecule has 6 nitrogen and oxygen atoms in total. The Morgan fingerprint density at radius 2 is 1.96 bits per heavy atom. The molecule has 134 valence electrons. The molecule has 1 amide bonds. The number of morpholine rings is 1. The van der Waals surface area contributed by atoms with Gasteiger partial charge in [0.15, 0.2) is 11.2 Å². The summed E-state index contributed by atoms with van der Waals surface area (Å²) >= 11 is 0. The highest BCUT2D eigenvalue weighted by Gasteiger charge is 2.24. The summed E-state index contributed by atoms with van der Waals surface area (Å²) in [7, 11) is 0. The van der Waals surface area contributed by atoms with E-state index >= 15 is 0 Å². The number of benzene rings is 1. The van der Waals surface area contributed by atoms with Crippen molar-refractivity contribution >= 4 is 16.9 Å². The second kappa shape index (κ2) is 7.80. The summed E-state index contributed by atoms with van der Waals surface area (Å²) in [6, 6.07) is 8.42. The predicted octanol–water partition coefficient (Wildman–Crippen LogP) is 1.88. The monoisotopic (exact) mass is 344 g/mol. The Morgan fingerprint density at radius 1 is 1.24 bits per heavy atom. The third-order valence-corrected chi connectivity index (χ3v) is 4.61. The average Bonchev–Trinajstić information content (AvgIpc) is 2.62. The Morgan fingerprint density at radius 3 is 2.68 bits per heavy atom. The average molecular weight is 344 g/mol. The Labute approximate surface area is 146 Å². The summed E-state index contributed by atoms with van der Waals surface area (Å²) in [6.45, 7) is 7.96. The number of para-hydroxylation sites is 1. The van der Waals surface area contributed by atoms with Gasteiger partial charge in [0.05, 0.1) is 18.6 Å². The van der Waals surface area contributed by atoms with Gasteiger partial charge in [-0.25, -0.2) is 0 Å². The molecule has 1 fully saturated rings. The third-order valence-electron chi connectivity index (χ3n) is 4.61. The van der Waals surface area contributed by atoms with Crippen molar-refractivity contribution in [3.63, 3.8) is 0 Å². The van der Waals surface area contributed by atoms with Crippen molar-refractivity contribution in [2.75, 3.05) is 32.8 Å². The molecule has 2 heterocycles. The molecule has 1 aliphatic rings. The molecule has 1 aromatic heterocycles. The summed E-state index contributed by atoms with van der Waals surface area (Å²) in [6.07, 6.45) is 0. The maximum Gasteiger partial charge on any atom is 0.287 e. The van der Waals surface area contributed by atoms with Crippen molar-refractivity contribution in [2.45, 2.75) is 19.9 Å². The molecule has 0 saturated carbocycles. The van der Waals surface area contributed by atoms with Gasteiger partial charge in [0.2, 0.25) is 0 Å². The zero-order valence-electron chi connectivity index (χ0n) is 14.7.